The van der Waals surface area contributed by atoms with E-state index in [0.29, 0.717) is 11.8 Å². The molecule has 3 unspecified atom stereocenters. The van der Waals surface area contributed by atoms with E-state index in [0.717, 1.165) is 37.0 Å². The summed E-state index contributed by atoms with van der Waals surface area (Å²) < 4.78 is 37.8. The normalized spacial score (nSPS) is 24.8. The fraction of sp³-hybridized carbons (Fsp3) is 0.625. The van der Waals surface area contributed by atoms with Gasteiger partial charge in [-0.25, -0.2) is 0 Å². The number of halogens is 3. The highest BCUT2D eigenvalue weighted by atomic mass is 19.4. The Morgan fingerprint density at radius 2 is 1.90 bits per heavy atom. The number of rotatable bonds is 4. The average Bonchev–Trinajstić information content (AvgIpc) is 2.48. The van der Waals surface area contributed by atoms with Crippen LogP contribution in [-0.4, -0.2) is 0 Å². The second kappa shape index (κ2) is 6.79. The molecule has 3 atom stereocenters. The van der Waals surface area contributed by atoms with Crippen LogP contribution in [0.1, 0.15) is 56.2 Å². The molecule has 0 spiro atoms. The molecule has 1 saturated carbocycles. The van der Waals surface area contributed by atoms with Crippen LogP contribution in [0.5, 0.6) is 0 Å². The van der Waals surface area contributed by atoms with Gasteiger partial charge in [-0.1, -0.05) is 38.3 Å². The molecule has 1 fully saturated rings. The fourth-order valence-electron chi connectivity index (χ4n) is 3.39. The zero-order chi connectivity index (χ0) is 15.5. The van der Waals surface area contributed by atoms with Crippen molar-refractivity contribution in [3.05, 3.63) is 35.4 Å². The van der Waals surface area contributed by atoms with E-state index in [4.69, 9.17) is 5.84 Å². The second-order valence-corrected chi connectivity index (χ2v) is 5.97. The lowest BCUT2D eigenvalue weighted by Gasteiger charge is -2.34. The smallest absolute Gasteiger partial charge is 0.271 e. The summed E-state index contributed by atoms with van der Waals surface area (Å²) in [5, 5.41) is 0. The zero-order valence-corrected chi connectivity index (χ0v) is 12.3. The molecule has 1 aliphatic carbocycles. The lowest BCUT2D eigenvalue weighted by atomic mass is 9.75. The average molecular weight is 300 g/mol. The first-order chi connectivity index (χ1) is 9.95. The van der Waals surface area contributed by atoms with Gasteiger partial charge >= 0.3 is 6.18 Å². The van der Waals surface area contributed by atoms with E-state index in [1.807, 2.05) is 0 Å². The third-order valence-corrected chi connectivity index (χ3v) is 4.65. The highest BCUT2D eigenvalue weighted by Gasteiger charge is 2.32. The monoisotopic (exact) mass is 300 g/mol. The van der Waals surface area contributed by atoms with E-state index < -0.39 is 11.7 Å². The summed E-state index contributed by atoms with van der Waals surface area (Å²) in [6, 6.07) is 5.30. The Morgan fingerprint density at radius 3 is 2.43 bits per heavy atom. The summed E-state index contributed by atoms with van der Waals surface area (Å²) in [6.45, 7) is 2.19. The van der Waals surface area contributed by atoms with Crippen molar-refractivity contribution in [1.82, 2.24) is 5.43 Å². The number of benzene rings is 1. The van der Waals surface area contributed by atoms with Crippen LogP contribution in [0.3, 0.4) is 0 Å². The van der Waals surface area contributed by atoms with Crippen molar-refractivity contribution in [2.24, 2.45) is 17.7 Å². The SMILES string of the molecule is CCC1CCCC(C(NN)c2ccc(C(F)(F)F)cc2)C1. The van der Waals surface area contributed by atoms with Gasteiger partial charge in [0.05, 0.1) is 5.56 Å². The molecule has 0 aliphatic heterocycles. The summed E-state index contributed by atoms with van der Waals surface area (Å²) in [5.41, 5.74) is 3.04. The third-order valence-electron chi connectivity index (χ3n) is 4.65. The summed E-state index contributed by atoms with van der Waals surface area (Å²) in [5.74, 6) is 6.77. The van der Waals surface area contributed by atoms with Gasteiger partial charge in [-0.05, 0) is 42.4 Å². The topological polar surface area (TPSA) is 38.0 Å². The van der Waals surface area contributed by atoms with Crippen LogP contribution in [0.25, 0.3) is 0 Å². The molecule has 118 valence electrons. The molecular formula is C16H23F3N2. The van der Waals surface area contributed by atoms with E-state index in [9.17, 15) is 13.2 Å². The Labute approximate surface area is 123 Å². The maximum Gasteiger partial charge on any atom is 0.416 e. The van der Waals surface area contributed by atoms with Gasteiger partial charge in [0.2, 0.25) is 0 Å². The number of nitrogens with one attached hydrogen (secondary N) is 1. The molecule has 0 aromatic heterocycles. The van der Waals surface area contributed by atoms with Crippen LogP contribution in [0.4, 0.5) is 13.2 Å². The molecule has 1 aromatic carbocycles. The minimum Gasteiger partial charge on any atom is -0.271 e. The molecule has 21 heavy (non-hydrogen) atoms. The predicted molar refractivity (Wildman–Crippen MR) is 77.2 cm³/mol. The molecule has 0 heterocycles. The summed E-state index contributed by atoms with van der Waals surface area (Å²) in [4.78, 5) is 0. The van der Waals surface area contributed by atoms with E-state index in [-0.39, 0.29) is 6.04 Å². The Bertz CT molecular complexity index is 442. The van der Waals surface area contributed by atoms with Gasteiger partial charge < -0.3 is 0 Å². The maximum atomic E-state index is 12.6. The molecule has 2 rings (SSSR count). The first-order valence-electron chi connectivity index (χ1n) is 7.59. The number of alkyl halides is 3. The second-order valence-electron chi connectivity index (χ2n) is 5.97. The third kappa shape index (κ3) is 3.98. The Hall–Kier alpha value is -1.07. The molecule has 1 aromatic rings. The van der Waals surface area contributed by atoms with Crippen LogP contribution in [0, 0.1) is 11.8 Å². The number of hydrogen-bond acceptors (Lipinski definition) is 2. The minimum atomic E-state index is -4.29. The molecule has 5 heteroatoms. The molecular weight excluding hydrogens is 277 g/mol. The van der Waals surface area contributed by atoms with Gasteiger partial charge in [-0.2, -0.15) is 13.2 Å². The number of nitrogens with two attached hydrogens (primary N) is 1. The minimum absolute atomic E-state index is 0.0679. The van der Waals surface area contributed by atoms with Crippen LogP contribution in [-0.2, 0) is 6.18 Å². The highest BCUT2D eigenvalue weighted by Crippen LogP contribution is 2.38. The quantitative estimate of drug-likeness (QED) is 0.638. The van der Waals surface area contributed by atoms with Crippen molar-refractivity contribution in [2.45, 2.75) is 51.2 Å². The van der Waals surface area contributed by atoms with E-state index in [1.165, 1.54) is 12.8 Å². The van der Waals surface area contributed by atoms with Crippen LogP contribution < -0.4 is 11.3 Å². The van der Waals surface area contributed by atoms with Gasteiger partial charge in [0, 0.05) is 6.04 Å². The van der Waals surface area contributed by atoms with Crippen molar-refractivity contribution >= 4 is 0 Å². The maximum absolute atomic E-state index is 12.6. The summed E-state index contributed by atoms with van der Waals surface area (Å²) in [7, 11) is 0. The van der Waals surface area contributed by atoms with E-state index in [1.54, 1.807) is 12.1 Å². The van der Waals surface area contributed by atoms with Crippen molar-refractivity contribution in [3.63, 3.8) is 0 Å². The molecule has 1 aliphatic rings. The van der Waals surface area contributed by atoms with Gasteiger partial charge in [0.25, 0.3) is 0 Å². The zero-order valence-electron chi connectivity index (χ0n) is 12.3. The van der Waals surface area contributed by atoms with Gasteiger partial charge in [-0.3, -0.25) is 11.3 Å². The van der Waals surface area contributed by atoms with Crippen molar-refractivity contribution in [1.29, 1.82) is 0 Å². The summed E-state index contributed by atoms with van der Waals surface area (Å²) in [6.07, 6.45) is 1.45. The van der Waals surface area contributed by atoms with Crippen molar-refractivity contribution in [2.75, 3.05) is 0 Å². The lowest BCUT2D eigenvalue weighted by molar-refractivity contribution is -0.137. The van der Waals surface area contributed by atoms with Gasteiger partial charge in [0.1, 0.15) is 0 Å². The van der Waals surface area contributed by atoms with E-state index in [2.05, 4.69) is 12.3 Å². The van der Waals surface area contributed by atoms with Crippen LogP contribution >= 0.6 is 0 Å². The van der Waals surface area contributed by atoms with Crippen molar-refractivity contribution in [3.8, 4) is 0 Å². The summed E-state index contributed by atoms with van der Waals surface area (Å²) >= 11 is 0. The van der Waals surface area contributed by atoms with Crippen LogP contribution in [0.15, 0.2) is 24.3 Å². The Morgan fingerprint density at radius 1 is 1.24 bits per heavy atom. The first kappa shape index (κ1) is 16.3. The predicted octanol–water partition coefficient (Wildman–Crippen LogP) is 4.43. The highest BCUT2D eigenvalue weighted by molar-refractivity contribution is 5.27. The molecule has 2 nitrogen and oxygen atoms in total. The standard InChI is InChI=1S/C16H23F3N2/c1-2-11-4-3-5-13(10-11)15(21-20)12-6-8-14(9-7-12)16(17,18)19/h6-9,11,13,15,21H,2-5,10,20H2,1H3. The molecule has 0 radical (unpaired) electrons. The molecule has 0 saturated heterocycles. The largest absolute Gasteiger partial charge is 0.416 e. The van der Waals surface area contributed by atoms with Gasteiger partial charge in [0.15, 0.2) is 0 Å². The Balaban J connectivity index is 2.13. The van der Waals surface area contributed by atoms with E-state index >= 15 is 0 Å². The van der Waals surface area contributed by atoms with Gasteiger partial charge in [-0.15, -0.1) is 0 Å². The van der Waals surface area contributed by atoms with Crippen LogP contribution in [0.2, 0.25) is 0 Å². The molecule has 0 bridgehead atoms. The first-order valence-corrected chi connectivity index (χ1v) is 7.59. The molecule has 3 N–H and O–H groups in total. The fourth-order valence-corrected chi connectivity index (χ4v) is 3.39. The molecule has 0 amide bonds. The number of hydrogen-bond donors (Lipinski definition) is 2. The Kier molecular flexibility index (Phi) is 5.27. The number of hydrazine groups is 1. The lowest BCUT2D eigenvalue weighted by Crippen LogP contribution is -2.35. The van der Waals surface area contributed by atoms with Crippen molar-refractivity contribution < 1.29 is 13.2 Å².